The predicted octanol–water partition coefficient (Wildman–Crippen LogP) is 3.33. The maximum atomic E-state index is 4.46. The van der Waals surface area contributed by atoms with Crippen molar-refractivity contribution in [3.8, 4) is 11.4 Å². The second-order valence-corrected chi connectivity index (χ2v) is 5.84. The van der Waals surface area contributed by atoms with Crippen LogP contribution < -0.4 is 5.32 Å². The average molecular weight is 257 g/mol. The van der Waals surface area contributed by atoms with E-state index in [0.29, 0.717) is 0 Å². The zero-order valence-corrected chi connectivity index (χ0v) is 12.1. The molecule has 1 aromatic carbocycles. The van der Waals surface area contributed by atoms with E-state index in [-0.39, 0.29) is 5.54 Å². The molecule has 1 N–H and O–H groups in total. The van der Waals surface area contributed by atoms with Gasteiger partial charge in [-0.25, -0.2) is 4.98 Å². The number of nitrogens with zero attached hydrogens (tertiary/aromatic N) is 2. The van der Waals surface area contributed by atoms with Gasteiger partial charge in [-0.3, -0.25) is 0 Å². The van der Waals surface area contributed by atoms with Crippen molar-refractivity contribution in [2.24, 2.45) is 0 Å². The van der Waals surface area contributed by atoms with Gasteiger partial charge in [0.1, 0.15) is 5.82 Å². The topological polar surface area (TPSA) is 29.9 Å². The molecule has 2 rings (SSSR count). The molecule has 0 aliphatic rings. The molecule has 0 saturated heterocycles. The van der Waals surface area contributed by atoms with Crippen molar-refractivity contribution in [1.82, 2.24) is 14.9 Å². The summed E-state index contributed by atoms with van der Waals surface area (Å²) in [6, 6.07) is 10.3. The van der Waals surface area contributed by atoms with Crippen molar-refractivity contribution in [2.45, 2.75) is 39.3 Å². The van der Waals surface area contributed by atoms with Crippen LogP contribution in [0, 0.1) is 0 Å². The van der Waals surface area contributed by atoms with Crippen LogP contribution in [0.25, 0.3) is 11.4 Å². The highest BCUT2D eigenvalue weighted by atomic mass is 15.1. The quantitative estimate of drug-likeness (QED) is 0.833. The SMILES string of the molecule is CC(C)(C)NCCCn1ccnc1-c1ccccc1. The summed E-state index contributed by atoms with van der Waals surface area (Å²) in [6.07, 6.45) is 5.03. The number of aromatic nitrogens is 2. The summed E-state index contributed by atoms with van der Waals surface area (Å²) in [7, 11) is 0. The van der Waals surface area contributed by atoms with E-state index in [4.69, 9.17) is 0 Å². The first-order chi connectivity index (χ1) is 9.06. The van der Waals surface area contributed by atoms with Crippen molar-refractivity contribution in [3.05, 3.63) is 42.7 Å². The molecular weight excluding hydrogens is 234 g/mol. The fourth-order valence-corrected chi connectivity index (χ4v) is 2.05. The number of hydrogen-bond acceptors (Lipinski definition) is 2. The lowest BCUT2D eigenvalue weighted by atomic mass is 10.1. The van der Waals surface area contributed by atoms with E-state index in [1.165, 1.54) is 5.56 Å². The highest BCUT2D eigenvalue weighted by Gasteiger charge is 2.08. The molecule has 0 spiro atoms. The number of aryl methyl sites for hydroxylation is 1. The van der Waals surface area contributed by atoms with Crippen molar-refractivity contribution in [3.63, 3.8) is 0 Å². The Bertz CT molecular complexity index is 494. The van der Waals surface area contributed by atoms with E-state index >= 15 is 0 Å². The maximum absolute atomic E-state index is 4.46. The molecule has 0 unspecified atom stereocenters. The van der Waals surface area contributed by atoms with Crippen LogP contribution in [0.2, 0.25) is 0 Å². The molecule has 0 fully saturated rings. The molecule has 0 aliphatic heterocycles. The third kappa shape index (κ3) is 4.21. The normalized spacial score (nSPS) is 11.7. The first-order valence-corrected chi connectivity index (χ1v) is 6.88. The van der Waals surface area contributed by atoms with Gasteiger partial charge in [-0.2, -0.15) is 0 Å². The van der Waals surface area contributed by atoms with Crippen molar-refractivity contribution < 1.29 is 0 Å². The Kier molecular flexibility index (Phi) is 4.38. The van der Waals surface area contributed by atoms with Crippen LogP contribution in [0.5, 0.6) is 0 Å². The maximum Gasteiger partial charge on any atom is 0.139 e. The van der Waals surface area contributed by atoms with Crippen LogP contribution >= 0.6 is 0 Å². The summed E-state index contributed by atoms with van der Waals surface area (Å²) in [5, 5.41) is 3.51. The molecule has 19 heavy (non-hydrogen) atoms. The fourth-order valence-electron chi connectivity index (χ4n) is 2.05. The van der Waals surface area contributed by atoms with Gasteiger partial charge in [-0.15, -0.1) is 0 Å². The molecule has 3 heteroatoms. The van der Waals surface area contributed by atoms with Crippen LogP contribution in [0.3, 0.4) is 0 Å². The Morgan fingerprint density at radius 3 is 2.58 bits per heavy atom. The Morgan fingerprint density at radius 2 is 1.89 bits per heavy atom. The molecule has 0 bridgehead atoms. The summed E-state index contributed by atoms with van der Waals surface area (Å²) >= 11 is 0. The van der Waals surface area contributed by atoms with E-state index in [2.05, 4.69) is 66.1 Å². The molecule has 1 aromatic heterocycles. The van der Waals surface area contributed by atoms with Gasteiger partial charge in [0.15, 0.2) is 0 Å². The highest BCUT2D eigenvalue weighted by molar-refractivity contribution is 5.54. The van der Waals surface area contributed by atoms with Crippen molar-refractivity contribution >= 4 is 0 Å². The van der Waals surface area contributed by atoms with Gasteiger partial charge in [-0.1, -0.05) is 30.3 Å². The minimum absolute atomic E-state index is 0.192. The number of rotatable bonds is 5. The van der Waals surface area contributed by atoms with Crippen LogP contribution in [0.15, 0.2) is 42.7 Å². The minimum atomic E-state index is 0.192. The predicted molar refractivity (Wildman–Crippen MR) is 80.0 cm³/mol. The standard InChI is InChI=1S/C16H23N3/c1-16(2,3)18-10-7-12-19-13-11-17-15(19)14-8-5-4-6-9-14/h4-6,8-9,11,13,18H,7,10,12H2,1-3H3. The van der Waals surface area contributed by atoms with Gasteiger partial charge in [0.25, 0.3) is 0 Å². The molecule has 1 heterocycles. The Balaban J connectivity index is 1.94. The van der Waals surface area contributed by atoms with E-state index in [1.807, 2.05) is 12.3 Å². The van der Waals surface area contributed by atoms with E-state index < -0.39 is 0 Å². The third-order valence-corrected chi connectivity index (χ3v) is 2.98. The second-order valence-electron chi connectivity index (χ2n) is 5.84. The summed E-state index contributed by atoms with van der Waals surface area (Å²) in [5.41, 5.74) is 1.37. The fraction of sp³-hybridized carbons (Fsp3) is 0.438. The van der Waals surface area contributed by atoms with Gasteiger partial charge < -0.3 is 9.88 Å². The molecule has 0 radical (unpaired) electrons. The molecule has 0 aliphatic carbocycles. The molecular formula is C16H23N3. The van der Waals surface area contributed by atoms with Crippen LogP contribution in [0.1, 0.15) is 27.2 Å². The second kappa shape index (κ2) is 6.02. The van der Waals surface area contributed by atoms with E-state index in [0.717, 1.165) is 25.3 Å². The average Bonchev–Trinajstić information content (AvgIpc) is 2.83. The van der Waals surface area contributed by atoms with Gasteiger partial charge in [-0.05, 0) is 33.7 Å². The first kappa shape index (κ1) is 13.8. The summed E-state index contributed by atoms with van der Waals surface area (Å²) in [6.45, 7) is 8.60. The van der Waals surface area contributed by atoms with E-state index in [9.17, 15) is 0 Å². The third-order valence-electron chi connectivity index (χ3n) is 2.98. The highest BCUT2D eigenvalue weighted by Crippen LogP contribution is 2.16. The lowest BCUT2D eigenvalue weighted by Gasteiger charge is -2.20. The monoisotopic (exact) mass is 257 g/mol. The Hall–Kier alpha value is -1.61. The molecule has 102 valence electrons. The molecule has 0 atom stereocenters. The summed E-state index contributed by atoms with van der Waals surface area (Å²) in [5.74, 6) is 1.05. The number of nitrogens with one attached hydrogen (secondary N) is 1. The summed E-state index contributed by atoms with van der Waals surface area (Å²) in [4.78, 5) is 4.46. The lowest BCUT2D eigenvalue weighted by molar-refractivity contribution is 0.414. The molecule has 3 nitrogen and oxygen atoms in total. The minimum Gasteiger partial charge on any atom is -0.331 e. The van der Waals surface area contributed by atoms with Crippen LogP contribution in [-0.4, -0.2) is 21.6 Å². The zero-order valence-electron chi connectivity index (χ0n) is 12.1. The Labute approximate surface area is 115 Å². The first-order valence-electron chi connectivity index (χ1n) is 6.88. The number of hydrogen-bond donors (Lipinski definition) is 1. The smallest absolute Gasteiger partial charge is 0.139 e. The Morgan fingerprint density at radius 1 is 1.16 bits per heavy atom. The largest absolute Gasteiger partial charge is 0.331 e. The van der Waals surface area contributed by atoms with Gasteiger partial charge in [0.05, 0.1) is 0 Å². The van der Waals surface area contributed by atoms with Gasteiger partial charge in [0.2, 0.25) is 0 Å². The van der Waals surface area contributed by atoms with Crippen LogP contribution in [-0.2, 0) is 6.54 Å². The van der Waals surface area contributed by atoms with E-state index in [1.54, 1.807) is 0 Å². The van der Waals surface area contributed by atoms with Crippen LogP contribution in [0.4, 0.5) is 0 Å². The number of imidazole rings is 1. The molecule has 2 aromatic rings. The van der Waals surface area contributed by atoms with Gasteiger partial charge in [0, 0.05) is 30.0 Å². The summed E-state index contributed by atoms with van der Waals surface area (Å²) < 4.78 is 2.22. The molecule has 0 saturated carbocycles. The molecule has 0 amide bonds. The zero-order chi connectivity index (χ0) is 13.7. The lowest BCUT2D eigenvalue weighted by Crippen LogP contribution is -2.36. The van der Waals surface area contributed by atoms with Crippen molar-refractivity contribution in [1.29, 1.82) is 0 Å². The van der Waals surface area contributed by atoms with Gasteiger partial charge >= 0.3 is 0 Å². The van der Waals surface area contributed by atoms with Crippen molar-refractivity contribution in [2.75, 3.05) is 6.54 Å². The number of benzene rings is 1.